The molecule has 7 nitrogen and oxygen atoms in total. The summed E-state index contributed by atoms with van der Waals surface area (Å²) in [5.74, 6) is -1.55. The SMILES string of the molecule is CCC[C@H](NC(=O)[C@H](C)Oc1ccc2c(C)cc(=O)oc2c1)C(=O)[O-]. The van der Waals surface area contributed by atoms with Gasteiger partial charge in [0.1, 0.15) is 11.3 Å². The van der Waals surface area contributed by atoms with Gasteiger partial charge in [-0.25, -0.2) is 4.79 Å². The second kappa shape index (κ2) is 7.83. The van der Waals surface area contributed by atoms with Gasteiger partial charge in [0.15, 0.2) is 6.10 Å². The third-order valence-corrected chi connectivity index (χ3v) is 3.78. The fraction of sp³-hybridized carbons (Fsp3) is 0.389. The summed E-state index contributed by atoms with van der Waals surface area (Å²) in [7, 11) is 0. The number of carboxylic acids is 1. The van der Waals surface area contributed by atoms with Gasteiger partial charge < -0.3 is 24.4 Å². The zero-order valence-corrected chi connectivity index (χ0v) is 14.3. The average Bonchev–Trinajstić information content (AvgIpc) is 2.53. The number of rotatable bonds is 7. The molecule has 0 bridgehead atoms. The van der Waals surface area contributed by atoms with Gasteiger partial charge in [-0.2, -0.15) is 0 Å². The largest absolute Gasteiger partial charge is 0.548 e. The molecule has 1 amide bonds. The molecule has 1 aromatic carbocycles. The Morgan fingerprint density at radius 2 is 2.04 bits per heavy atom. The van der Waals surface area contributed by atoms with Gasteiger partial charge in [0.05, 0.1) is 12.0 Å². The predicted molar refractivity (Wildman–Crippen MR) is 89.2 cm³/mol. The molecular weight excluding hydrogens is 326 g/mol. The molecule has 1 aromatic heterocycles. The van der Waals surface area contributed by atoms with E-state index in [-0.39, 0.29) is 6.42 Å². The summed E-state index contributed by atoms with van der Waals surface area (Å²) >= 11 is 0. The molecule has 7 heteroatoms. The molecule has 0 aliphatic rings. The maximum Gasteiger partial charge on any atom is 0.336 e. The lowest BCUT2D eigenvalue weighted by atomic mass is 10.1. The number of carbonyl (C=O) groups excluding carboxylic acids is 2. The molecule has 0 radical (unpaired) electrons. The van der Waals surface area contributed by atoms with Crippen molar-refractivity contribution in [3.63, 3.8) is 0 Å². The van der Waals surface area contributed by atoms with Crippen LogP contribution in [-0.2, 0) is 9.59 Å². The first-order chi connectivity index (χ1) is 11.8. The maximum absolute atomic E-state index is 12.1. The number of aliphatic carboxylic acids is 1. The van der Waals surface area contributed by atoms with Crippen LogP contribution in [0.3, 0.4) is 0 Å². The number of benzene rings is 1. The van der Waals surface area contributed by atoms with Crippen LogP contribution in [0.1, 0.15) is 32.3 Å². The molecule has 0 aliphatic carbocycles. The third-order valence-electron chi connectivity index (χ3n) is 3.78. The lowest BCUT2D eigenvalue weighted by Crippen LogP contribution is -2.51. The number of hydrogen-bond donors (Lipinski definition) is 1. The molecule has 1 N–H and O–H groups in total. The summed E-state index contributed by atoms with van der Waals surface area (Å²) < 4.78 is 10.7. The standard InChI is InChI=1S/C18H21NO6/c1-4-5-14(18(22)23)19-17(21)11(3)24-12-6-7-13-10(2)8-16(20)25-15(13)9-12/h6-9,11,14H,4-5H2,1-3H3,(H,19,21)(H,22,23)/p-1/t11-,14-/m0/s1. The van der Waals surface area contributed by atoms with E-state index in [1.165, 1.54) is 19.1 Å². The van der Waals surface area contributed by atoms with Crippen LogP contribution >= 0.6 is 0 Å². The van der Waals surface area contributed by atoms with Gasteiger partial charge in [-0.15, -0.1) is 0 Å². The van der Waals surface area contributed by atoms with E-state index in [1.54, 1.807) is 19.1 Å². The smallest absolute Gasteiger partial charge is 0.336 e. The van der Waals surface area contributed by atoms with Crippen molar-refractivity contribution in [2.24, 2.45) is 0 Å². The molecule has 134 valence electrons. The van der Waals surface area contributed by atoms with Crippen LogP contribution in [0, 0.1) is 6.92 Å². The second-order valence-corrected chi connectivity index (χ2v) is 5.84. The highest BCUT2D eigenvalue weighted by Gasteiger charge is 2.19. The minimum atomic E-state index is -1.33. The zero-order chi connectivity index (χ0) is 18.6. The number of amides is 1. The molecule has 0 unspecified atom stereocenters. The molecule has 2 rings (SSSR count). The molecule has 1 heterocycles. The highest BCUT2D eigenvalue weighted by Crippen LogP contribution is 2.23. The molecular formula is C18H20NO6-. The number of nitrogens with one attached hydrogen (secondary N) is 1. The maximum atomic E-state index is 12.1. The number of aryl methyl sites for hydroxylation is 1. The van der Waals surface area contributed by atoms with Gasteiger partial charge in [-0.05, 0) is 38.0 Å². The quantitative estimate of drug-likeness (QED) is 0.746. The minimum Gasteiger partial charge on any atom is -0.548 e. The number of carbonyl (C=O) groups is 2. The first-order valence-electron chi connectivity index (χ1n) is 8.04. The van der Waals surface area contributed by atoms with Crippen molar-refractivity contribution in [3.8, 4) is 5.75 Å². The van der Waals surface area contributed by atoms with Gasteiger partial charge in [-0.3, -0.25) is 4.79 Å². The third kappa shape index (κ3) is 4.59. The molecule has 2 aromatic rings. The summed E-state index contributed by atoms with van der Waals surface area (Å²) in [4.78, 5) is 34.6. The molecule has 0 saturated heterocycles. The minimum absolute atomic E-state index is 0.279. The molecule has 2 atom stereocenters. The second-order valence-electron chi connectivity index (χ2n) is 5.84. The van der Waals surface area contributed by atoms with E-state index in [1.807, 2.05) is 6.92 Å². The Labute approximate surface area is 144 Å². The van der Waals surface area contributed by atoms with Crippen LogP contribution in [0.25, 0.3) is 11.0 Å². The van der Waals surface area contributed by atoms with Crippen LogP contribution in [0.15, 0.2) is 33.5 Å². The van der Waals surface area contributed by atoms with E-state index in [0.717, 1.165) is 10.9 Å². The predicted octanol–water partition coefficient (Wildman–Crippen LogP) is 0.904. The monoisotopic (exact) mass is 346 g/mol. The number of fused-ring (bicyclic) bond motifs is 1. The Kier molecular flexibility index (Phi) is 5.80. The normalized spacial score (nSPS) is 13.2. The van der Waals surface area contributed by atoms with Crippen molar-refractivity contribution in [1.82, 2.24) is 5.32 Å². The Morgan fingerprint density at radius 1 is 1.32 bits per heavy atom. The first kappa shape index (κ1) is 18.5. The Hall–Kier alpha value is -2.83. The highest BCUT2D eigenvalue weighted by atomic mass is 16.5. The summed E-state index contributed by atoms with van der Waals surface area (Å²) in [5.41, 5.74) is 0.665. The lowest BCUT2D eigenvalue weighted by molar-refractivity contribution is -0.308. The van der Waals surface area contributed by atoms with Crippen LogP contribution in [-0.4, -0.2) is 24.0 Å². The van der Waals surface area contributed by atoms with Crippen molar-refractivity contribution in [2.45, 2.75) is 45.8 Å². The van der Waals surface area contributed by atoms with Gasteiger partial charge in [0.2, 0.25) is 0 Å². The van der Waals surface area contributed by atoms with Crippen molar-refractivity contribution >= 4 is 22.8 Å². The van der Waals surface area contributed by atoms with Crippen molar-refractivity contribution in [1.29, 1.82) is 0 Å². The van der Waals surface area contributed by atoms with E-state index in [2.05, 4.69) is 5.32 Å². The van der Waals surface area contributed by atoms with Gasteiger partial charge in [-0.1, -0.05) is 13.3 Å². The Balaban J connectivity index is 2.13. The molecule has 0 saturated carbocycles. The fourth-order valence-electron chi connectivity index (χ4n) is 2.46. The first-order valence-corrected chi connectivity index (χ1v) is 8.04. The summed E-state index contributed by atoms with van der Waals surface area (Å²) in [6, 6.07) is 5.25. The van der Waals surface area contributed by atoms with Crippen LogP contribution in [0.2, 0.25) is 0 Å². The number of ether oxygens (including phenoxy) is 1. The van der Waals surface area contributed by atoms with Crippen molar-refractivity contribution in [2.75, 3.05) is 0 Å². The van der Waals surface area contributed by atoms with Crippen molar-refractivity contribution < 1.29 is 23.8 Å². The van der Waals surface area contributed by atoms with E-state index in [0.29, 0.717) is 17.8 Å². The van der Waals surface area contributed by atoms with Crippen molar-refractivity contribution in [3.05, 3.63) is 40.2 Å². The summed E-state index contributed by atoms with van der Waals surface area (Å²) in [6.07, 6.45) is -0.0500. The van der Waals surface area contributed by atoms with Crippen LogP contribution < -0.4 is 20.8 Å². The molecule has 0 fully saturated rings. The highest BCUT2D eigenvalue weighted by molar-refractivity contribution is 5.86. The van der Waals surface area contributed by atoms with Crippen LogP contribution in [0.5, 0.6) is 5.75 Å². The Morgan fingerprint density at radius 3 is 2.68 bits per heavy atom. The summed E-state index contributed by atoms with van der Waals surface area (Å²) in [5, 5.41) is 14.2. The molecule has 25 heavy (non-hydrogen) atoms. The van der Waals surface area contributed by atoms with Gasteiger partial charge in [0, 0.05) is 17.5 Å². The fourth-order valence-corrected chi connectivity index (χ4v) is 2.46. The zero-order valence-electron chi connectivity index (χ0n) is 14.3. The van der Waals surface area contributed by atoms with E-state index < -0.39 is 29.6 Å². The van der Waals surface area contributed by atoms with Gasteiger partial charge in [0.25, 0.3) is 5.91 Å². The van der Waals surface area contributed by atoms with E-state index in [4.69, 9.17) is 9.15 Å². The summed E-state index contributed by atoms with van der Waals surface area (Å²) in [6.45, 7) is 5.11. The van der Waals surface area contributed by atoms with E-state index in [9.17, 15) is 19.5 Å². The van der Waals surface area contributed by atoms with Gasteiger partial charge >= 0.3 is 5.63 Å². The Bertz CT molecular complexity index is 841. The van der Waals surface area contributed by atoms with E-state index >= 15 is 0 Å². The molecule has 0 aliphatic heterocycles. The average molecular weight is 346 g/mol. The lowest BCUT2D eigenvalue weighted by Gasteiger charge is -2.22. The number of hydrogen-bond acceptors (Lipinski definition) is 6. The topological polar surface area (TPSA) is 109 Å². The number of carboxylic acid groups (broad SMARTS) is 1. The molecule has 0 spiro atoms. The van der Waals surface area contributed by atoms with Crippen LogP contribution in [0.4, 0.5) is 0 Å².